The zero-order valence-electron chi connectivity index (χ0n) is 12.3. The number of nitrogens with zero attached hydrogens (tertiary/aromatic N) is 1. The van der Waals surface area contributed by atoms with Gasteiger partial charge in [-0.15, -0.1) is 11.3 Å². The van der Waals surface area contributed by atoms with Crippen molar-refractivity contribution in [2.75, 3.05) is 11.9 Å². The van der Waals surface area contributed by atoms with Crippen LogP contribution < -0.4 is 10.6 Å². The highest BCUT2D eigenvalue weighted by atomic mass is 32.1. The quantitative estimate of drug-likeness (QED) is 0.916. The topological polar surface area (TPSA) is 54.0 Å². The first-order valence-corrected chi connectivity index (χ1v) is 8.09. The number of thiazole rings is 1. The molecule has 0 spiro atoms. The molecule has 0 bridgehead atoms. The van der Waals surface area contributed by atoms with Crippen molar-refractivity contribution < 1.29 is 4.79 Å². The Morgan fingerprint density at radius 1 is 1.48 bits per heavy atom. The van der Waals surface area contributed by atoms with Crippen molar-refractivity contribution >= 4 is 22.4 Å². The summed E-state index contributed by atoms with van der Waals surface area (Å²) in [4.78, 5) is 18.2. The number of benzene rings is 1. The number of carbonyl (C=O) groups is 1. The lowest BCUT2D eigenvalue weighted by molar-refractivity contribution is -0.118. The van der Waals surface area contributed by atoms with Crippen LogP contribution in [0, 0.1) is 6.92 Å². The maximum Gasteiger partial charge on any atom is 0.247 e. The molecule has 4 nitrogen and oxygen atoms in total. The molecule has 1 aromatic heterocycles. The number of aromatic nitrogens is 1. The van der Waals surface area contributed by atoms with Crippen LogP contribution in [-0.4, -0.2) is 17.4 Å². The van der Waals surface area contributed by atoms with Gasteiger partial charge >= 0.3 is 0 Å². The molecule has 2 aromatic rings. The molecule has 0 saturated carbocycles. The molecule has 0 radical (unpaired) electrons. The number of hydrogen-bond donors (Lipinski definition) is 2. The van der Waals surface area contributed by atoms with Crippen LogP contribution in [0.2, 0.25) is 0 Å². The smallest absolute Gasteiger partial charge is 0.247 e. The van der Waals surface area contributed by atoms with Gasteiger partial charge in [0.05, 0.1) is 5.69 Å². The zero-order valence-corrected chi connectivity index (χ0v) is 13.1. The molecule has 1 unspecified atom stereocenters. The molecule has 0 fully saturated rings. The molecule has 1 atom stereocenters. The molecule has 2 N–H and O–H groups in total. The number of rotatable bonds is 3. The molecule has 1 aliphatic rings. The van der Waals surface area contributed by atoms with Gasteiger partial charge in [0.2, 0.25) is 5.91 Å². The average molecular weight is 301 g/mol. The fourth-order valence-electron chi connectivity index (χ4n) is 2.73. The Kier molecular flexibility index (Phi) is 4.03. The van der Waals surface area contributed by atoms with Crippen LogP contribution in [0.4, 0.5) is 5.13 Å². The predicted molar refractivity (Wildman–Crippen MR) is 85.7 cm³/mol. The number of aryl methyl sites for hydroxylation is 2. The molecule has 1 amide bonds. The minimum atomic E-state index is -0.288. The minimum absolute atomic E-state index is 0.0291. The molecule has 21 heavy (non-hydrogen) atoms. The van der Waals surface area contributed by atoms with Crippen molar-refractivity contribution in [2.24, 2.45) is 0 Å². The first-order valence-electron chi connectivity index (χ1n) is 7.27. The zero-order chi connectivity index (χ0) is 14.8. The van der Waals surface area contributed by atoms with Gasteiger partial charge in [0.1, 0.15) is 6.04 Å². The number of anilines is 1. The van der Waals surface area contributed by atoms with Crippen molar-refractivity contribution in [3.05, 3.63) is 46.0 Å². The Hall–Kier alpha value is -1.72. The van der Waals surface area contributed by atoms with Gasteiger partial charge in [-0.05, 0) is 30.9 Å². The van der Waals surface area contributed by atoms with Crippen LogP contribution in [0.25, 0.3) is 0 Å². The number of carbonyl (C=O) groups excluding carboxylic acids is 1. The lowest BCUT2D eigenvalue weighted by atomic mass is 9.94. The predicted octanol–water partition coefficient (Wildman–Crippen LogP) is 2.84. The highest BCUT2D eigenvalue weighted by molar-refractivity contribution is 7.15. The third-order valence-corrected chi connectivity index (χ3v) is 4.76. The largest absolute Gasteiger partial charge is 0.302 e. The van der Waals surface area contributed by atoms with E-state index in [-0.39, 0.29) is 11.9 Å². The molecule has 3 rings (SSSR count). The van der Waals surface area contributed by atoms with Crippen LogP contribution in [0.3, 0.4) is 0 Å². The molecule has 0 aliphatic carbocycles. The summed E-state index contributed by atoms with van der Waals surface area (Å²) in [6.07, 6.45) is 1.86. The molecule has 2 heterocycles. The molecule has 0 saturated heterocycles. The second kappa shape index (κ2) is 5.95. The summed E-state index contributed by atoms with van der Waals surface area (Å²) < 4.78 is 0. The van der Waals surface area contributed by atoms with Gasteiger partial charge in [0.15, 0.2) is 5.13 Å². The third kappa shape index (κ3) is 2.84. The molecular weight excluding hydrogens is 282 g/mol. The molecule has 110 valence electrons. The van der Waals surface area contributed by atoms with E-state index in [0.29, 0.717) is 5.13 Å². The maximum absolute atomic E-state index is 12.5. The van der Waals surface area contributed by atoms with Gasteiger partial charge < -0.3 is 10.6 Å². The van der Waals surface area contributed by atoms with Crippen molar-refractivity contribution in [2.45, 2.75) is 32.7 Å². The van der Waals surface area contributed by atoms with E-state index in [1.54, 1.807) is 11.3 Å². The number of nitrogens with one attached hydrogen (secondary N) is 2. The standard InChI is InChI=1S/C16H19N3OS/c1-3-13-10(2)21-16(18-13)19-15(20)14-12-7-5-4-6-11(12)8-9-17-14/h4-7,14,17H,3,8-9H2,1-2H3,(H,18,19,20). The average Bonchev–Trinajstić information content (AvgIpc) is 2.86. The summed E-state index contributed by atoms with van der Waals surface area (Å²) in [6.45, 7) is 4.94. The van der Waals surface area contributed by atoms with Gasteiger partial charge in [-0.25, -0.2) is 4.98 Å². The Labute approximate surface area is 128 Å². The molecule has 5 heteroatoms. The lowest BCUT2D eigenvalue weighted by Gasteiger charge is -2.25. The van der Waals surface area contributed by atoms with Crippen molar-refractivity contribution in [1.29, 1.82) is 0 Å². The minimum Gasteiger partial charge on any atom is -0.302 e. The van der Waals surface area contributed by atoms with Crippen LogP contribution >= 0.6 is 11.3 Å². The summed E-state index contributed by atoms with van der Waals surface area (Å²) in [7, 11) is 0. The maximum atomic E-state index is 12.5. The van der Waals surface area contributed by atoms with E-state index in [4.69, 9.17) is 0 Å². The van der Waals surface area contributed by atoms with Crippen molar-refractivity contribution in [3.63, 3.8) is 0 Å². The lowest BCUT2D eigenvalue weighted by Crippen LogP contribution is -2.38. The van der Waals surface area contributed by atoms with Crippen LogP contribution in [0.5, 0.6) is 0 Å². The Morgan fingerprint density at radius 3 is 3.05 bits per heavy atom. The Bertz CT molecular complexity index is 665. The summed E-state index contributed by atoms with van der Waals surface area (Å²) in [6, 6.07) is 7.84. The number of fused-ring (bicyclic) bond motifs is 1. The van der Waals surface area contributed by atoms with E-state index in [2.05, 4.69) is 28.6 Å². The van der Waals surface area contributed by atoms with E-state index < -0.39 is 0 Å². The van der Waals surface area contributed by atoms with Gasteiger partial charge in [-0.3, -0.25) is 4.79 Å². The Balaban J connectivity index is 1.80. The molecule has 1 aromatic carbocycles. The SMILES string of the molecule is CCc1nc(NC(=O)C2NCCc3ccccc32)sc1C. The number of amides is 1. The monoisotopic (exact) mass is 301 g/mol. The van der Waals surface area contributed by atoms with Gasteiger partial charge in [-0.2, -0.15) is 0 Å². The van der Waals surface area contributed by atoms with Gasteiger partial charge in [0, 0.05) is 11.4 Å². The van der Waals surface area contributed by atoms with Crippen LogP contribution in [0.15, 0.2) is 24.3 Å². The van der Waals surface area contributed by atoms with E-state index >= 15 is 0 Å². The number of hydrogen-bond acceptors (Lipinski definition) is 4. The normalized spacial score (nSPS) is 17.3. The summed E-state index contributed by atoms with van der Waals surface area (Å²) >= 11 is 1.54. The highest BCUT2D eigenvalue weighted by Gasteiger charge is 2.26. The molecular formula is C16H19N3OS. The van der Waals surface area contributed by atoms with Gasteiger partial charge in [0.25, 0.3) is 0 Å². The van der Waals surface area contributed by atoms with Crippen molar-refractivity contribution in [3.8, 4) is 0 Å². The summed E-state index contributed by atoms with van der Waals surface area (Å²) in [5.41, 5.74) is 3.39. The first-order chi connectivity index (χ1) is 10.2. The second-order valence-electron chi connectivity index (χ2n) is 5.20. The third-order valence-electron chi connectivity index (χ3n) is 3.83. The van der Waals surface area contributed by atoms with E-state index in [1.807, 2.05) is 25.1 Å². The fourth-order valence-corrected chi connectivity index (χ4v) is 3.63. The summed E-state index contributed by atoms with van der Waals surface area (Å²) in [5, 5.41) is 6.94. The van der Waals surface area contributed by atoms with E-state index in [9.17, 15) is 4.79 Å². The molecule has 1 aliphatic heterocycles. The summed E-state index contributed by atoms with van der Waals surface area (Å²) in [5.74, 6) is -0.0291. The van der Waals surface area contributed by atoms with E-state index in [0.717, 1.165) is 30.6 Å². The van der Waals surface area contributed by atoms with Crippen molar-refractivity contribution in [1.82, 2.24) is 10.3 Å². The Morgan fingerprint density at radius 2 is 2.29 bits per heavy atom. The van der Waals surface area contributed by atoms with Crippen LogP contribution in [-0.2, 0) is 17.6 Å². The fraction of sp³-hybridized carbons (Fsp3) is 0.375. The second-order valence-corrected chi connectivity index (χ2v) is 6.40. The van der Waals surface area contributed by atoms with Gasteiger partial charge in [-0.1, -0.05) is 31.2 Å². The first kappa shape index (κ1) is 14.2. The van der Waals surface area contributed by atoms with E-state index in [1.165, 1.54) is 10.4 Å². The van der Waals surface area contributed by atoms with Crippen LogP contribution in [0.1, 0.15) is 34.7 Å². The highest BCUT2D eigenvalue weighted by Crippen LogP contribution is 2.26.